The second-order valence-corrected chi connectivity index (χ2v) is 2.36. The summed E-state index contributed by atoms with van der Waals surface area (Å²) in [6.45, 7) is 1.80. The van der Waals surface area contributed by atoms with E-state index in [1.807, 2.05) is 0 Å². The van der Waals surface area contributed by atoms with Gasteiger partial charge in [-0.3, -0.25) is 4.79 Å². The van der Waals surface area contributed by atoms with Crippen LogP contribution in [0.15, 0.2) is 12.1 Å². The Hall–Kier alpha value is -1.82. The Morgan fingerprint density at radius 3 is 2.83 bits per heavy atom. The number of carbonyl (C=O) groups is 1. The van der Waals surface area contributed by atoms with Crippen LogP contribution in [0.3, 0.4) is 0 Å². The van der Waals surface area contributed by atoms with Crippen LogP contribution in [0.25, 0.3) is 0 Å². The van der Waals surface area contributed by atoms with Gasteiger partial charge in [-0.1, -0.05) is 0 Å². The molecule has 60 valence electrons. The molecule has 2 N–H and O–H groups in total. The fraction of sp³-hybridized carbons (Fsp3) is 0.111. The molecule has 0 aromatic carbocycles. The number of primary amides is 1. The van der Waals surface area contributed by atoms with E-state index in [4.69, 9.17) is 12.2 Å². The van der Waals surface area contributed by atoms with Crippen LogP contribution < -0.4 is 5.73 Å². The van der Waals surface area contributed by atoms with Gasteiger partial charge in [0.05, 0.1) is 5.56 Å². The van der Waals surface area contributed by atoms with E-state index in [0.29, 0.717) is 11.3 Å². The van der Waals surface area contributed by atoms with Gasteiger partial charge in [-0.05, 0) is 25.0 Å². The number of carbonyl (C=O) groups excluding carboxylic acids is 1. The normalized spacial score (nSPS) is 9.00. The van der Waals surface area contributed by atoms with Gasteiger partial charge >= 0.3 is 0 Å². The predicted molar refractivity (Wildman–Crippen MR) is 45.4 cm³/mol. The molecule has 1 rings (SSSR count). The monoisotopic (exact) mass is 160 g/mol. The van der Waals surface area contributed by atoms with E-state index in [1.54, 1.807) is 19.1 Å². The van der Waals surface area contributed by atoms with E-state index in [-0.39, 0.29) is 0 Å². The Kier molecular flexibility index (Phi) is 2.11. The van der Waals surface area contributed by atoms with E-state index in [9.17, 15) is 4.79 Å². The molecular weight excluding hydrogens is 152 g/mol. The van der Waals surface area contributed by atoms with Gasteiger partial charge in [0.25, 0.3) is 5.91 Å². The molecule has 1 aromatic rings. The van der Waals surface area contributed by atoms with Gasteiger partial charge in [0, 0.05) is 5.69 Å². The summed E-state index contributed by atoms with van der Waals surface area (Å²) in [5, 5.41) is 0. The van der Waals surface area contributed by atoms with Gasteiger partial charge in [-0.2, -0.15) is 0 Å². The Balaban J connectivity index is 3.32. The topological polar surface area (TPSA) is 56.0 Å². The highest BCUT2D eigenvalue weighted by Crippen LogP contribution is 2.04. The Morgan fingerprint density at radius 2 is 2.33 bits per heavy atom. The largest absolute Gasteiger partial charge is 0.366 e. The predicted octanol–water partition coefficient (Wildman–Crippen LogP) is 0.470. The smallest absolute Gasteiger partial charge is 0.251 e. The third-order valence-corrected chi connectivity index (χ3v) is 1.44. The number of rotatable bonds is 1. The van der Waals surface area contributed by atoms with Crippen molar-refractivity contribution in [3.63, 3.8) is 0 Å². The van der Waals surface area contributed by atoms with Gasteiger partial charge in [-0.15, -0.1) is 6.42 Å². The van der Waals surface area contributed by atoms with Gasteiger partial charge in [-0.25, -0.2) is 4.98 Å². The lowest BCUT2D eigenvalue weighted by atomic mass is 10.1. The maximum Gasteiger partial charge on any atom is 0.251 e. The van der Waals surface area contributed by atoms with Crippen molar-refractivity contribution in [3.05, 3.63) is 29.1 Å². The summed E-state index contributed by atoms with van der Waals surface area (Å²) in [6.07, 6.45) is 5.14. The van der Waals surface area contributed by atoms with Crippen LogP contribution in [0, 0.1) is 19.3 Å². The number of pyridine rings is 1. The van der Waals surface area contributed by atoms with Gasteiger partial charge in [0.15, 0.2) is 0 Å². The summed E-state index contributed by atoms with van der Waals surface area (Å²) in [7, 11) is 0. The maximum absolute atomic E-state index is 10.8. The molecule has 0 aliphatic rings. The standard InChI is InChI=1S/C9H8N2O/c1-3-8-7(9(10)12)5-4-6(2)11-8/h1,4-5H,2H3,(H2,10,12). The van der Waals surface area contributed by atoms with Crippen LogP contribution in [0.2, 0.25) is 0 Å². The number of hydrogen-bond acceptors (Lipinski definition) is 2. The molecule has 0 atom stereocenters. The summed E-state index contributed by atoms with van der Waals surface area (Å²) in [6, 6.07) is 3.28. The van der Waals surface area contributed by atoms with Gasteiger partial charge in [0.2, 0.25) is 0 Å². The summed E-state index contributed by atoms with van der Waals surface area (Å²) >= 11 is 0. The van der Waals surface area contributed by atoms with Crippen molar-refractivity contribution in [2.24, 2.45) is 5.73 Å². The van der Waals surface area contributed by atoms with Crippen molar-refractivity contribution >= 4 is 5.91 Å². The average molecular weight is 160 g/mol. The highest BCUT2D eigenvalue weighted by atomic mass is 16.1. The first kappa shape index (κ1) is 8.28. The molecule has 12 heavy (non-hydrogen) atoms. The number of terminal acetylenes is 1. The zero-order chi connectivity index (χ0) is 9.14. The molecule has 0 spiro atoms. The minimum absolute atomic E-state index is 0.295. The lowest BCUT2D eigenvalue weighted by Crippen LogP contribution is -2.13. The second-order valence-electron chi connectivity index (χ2n) is 2.36. The molecule has 0 saturated heterocycles. The highest BCUT2D eigenvalue weighted by molar-refractivity contribution is 5.94. The molecule has 1 amide bonds. The Morgan fingerprint density at radius 1 is 1.67 bits per heavy atom. The molecular formula is C9H8N2O. The van der Waals surface area contributed by atoms with E-state index in [1.165, 1.54) is 0 Å². The Bertz CT molecular complexity index is 363. The fourth-order valence-corrected chi connectivity index (χ4v) is 0.866. The van der Waals surface area contributed by atoms with Crippen LogP contribution in [-0.4, -0.2) is 10.9 Å². The number of nitrogens with two attached hydrogens (primary N) is 1. The van der Waals surface area contributed by atoms with Gasteiger partial charge in [0.1, 0.15) is 5.69 Å². The number of aryl methyl sites for hydroxylation is 1. The van der Waals surface area contributed by atoms with Crippen molar-refractivity contribution in [3.8, 4) is 12.3 Å². The first-order chi connectivity index (χ1) is 5.65. The average Bonchev–Trinajstić information content (AvgIpc) is 2.03. The summed E-state index contributed by atoms with van der Waals surface area (Å²) < 4.78 is 0. The van der Waals surface area contributed by atoms with Crippen molar-refractivity contribution in [2.75, 3.05) is 0 Å². The highest BCUT2D eigenvalue weighted by Gasteiger charge is 2.06. The third kappa shape index (κ3) is 1.43. The minimum Gasteiger partial charge on any atom is -0.366 e. The number of hydrogen-bond donors (Lipinski definition) is 1. The van der Waals surface area contributed by atoms with Crippen molar-refractivity contribution in [1.82, 2.24) is 4.98 Å². The maximum atomic E-state index is 10.8. The zero-order valence-corrected chi connectivity index (χ0v) is 6.66. The molecule has 0 fully saturated rings. The zero-order valence-electron chi connectivity index (χ0n) is 6.66. The summed E-state index contributed by atoms with van der Waals surface area (Å²) in [5.41, 5.74) is 6.44. The Labute approximate surface area is 70.6 Å². The van der Waals surface area contributed by atoms with Crippen molar-refractivity contribution in [1.29, 1.82) is 0 Å². The number of aromatic nitrogens is 1. The van der Waals surface area contributed by atoms with Crippen LogP contribution in [-0.2, 0) is 0 Å². The van der Waals surface area contributed by atoms with E-state index < -0.39 is 5.91 Å². The van der Waals surface area contributed by atoms with Crippen LogP contribution >= 0.6 is 0 Å². The summed E-state index contributed by atoms with van der Waals surface area (Å²) in [5.74, 6) is 1.76. The molecule has 3 nitrogen and oxygen atoms in total. The van der Waals surface area contributed by atoms with E-state index in [2.05, 4.69) is 10.9 Å². The van der Waals surface area contributed by atoms with Crippen LogP contribution in [0.1, 0.15) is 21.7 Å². The SMILES string of the molecule is C#Cc1nc(C)ccc1C(N)=O. The minimum atomic E-state index is -0.546. The van der Waals surface area contributed by atoms with Crippen LogP contribution in [0.5, 0.6) is 0 Å². The van der Waals surface area contributed by atoms with Gasteiger partial charge < -0.3 is 5.73 Å². The molecule has 0 bridgehead atoms. The first-order valence-corrected chi connectivity index (χ1v) is 3.39. The lowest BCUT2D eigenvalue weighted by molar-refractivity contribution is 0.0999. The van der Waals surface area contributed by atoms with Crippen molar-refractivity contribution < 1.29 is 4.79 Å². The molecule has 0 aliphatic carbocycles. The molecule has 0 unspecified atom stereocenters. The molecule has 0 saturated carbocycles. The third-order valence-electron chi connectivity index (χ3n) is 1.44. The first-order valence-electron chi connectivity index (χ1n) is 3.39. The second kappa shape index (κ2) is 3.05. The van der Waals surface area contributed by atoms with Crippen LogP contribution in [0.4, 0.5) is 0 Å². The fourth-order valence-electron chi connectivity index (χ4n) is 0.866. The quantitative estimate of drug-likeness (QED) is 0.607. The molecule has 0 radical (unpaired) electrons. The molecule has 1 aromatic heterocycles. The number of amides is 1. The molecule has 1 heterocycles. The van der Waals surface area contributed by atoms with Crippen molar-refractivity contribution in [2.45, 2.75) is 6.92 Å². The molecule has 0 aliphatic heterocycles. The van der Waals surface area contributed by atoms with E-state index >= 15 is 0 Å². The molecule has 3 heteroatoms. The lowest BCUT2D eigenvalue weighted by Gasteiger charge is -1.99. The summed E-state index contributed by atoms with van der Waals surface area (Å²) in [4.78, 5) is 14.8. The number of nitrogens with zero attached hydrogens (tertiary/aromatic N) is 1. The van der Waals surface area contributed by atoms with E-state index in [0.717, 1.165) is 5.69 Å².